The van der Waals surface area contributed by atoms with Gasteiger partial charge in [0.2, 0.25) is 5.91 Å². The van der Waals surface area contributed by atoms with Gasteiger partial charge in [0, 0.05) is 17.1 Å². The van der Waals surface area contributed by atoms with Crippen molar-refractivity contribution < 1.29 is 9.53 Å². The number of rotatable bonds is 2. The van der Waals surface area contributed by atoms with Crippen LogP contribution in [0.3, 0.4) is 0 Å². The Morgan fingerprint density at radius 2 is 2.19 bits per heavy atom. The monoisotopic (exact) mass is 214 g/mol. The van der Waals surface area contributed by atoms with Gasteiger partial charge in [-0.3, -0.25) is 9.78 Å². The molecule has 2 unspecified atom stereocenters. The minimum absolute atomic E-state index is 0.213. The van der Waals surface area contributed by atoms with E-state index >= 15 is 0 Å². The number of carbonyl (C=O) groups is 1. The van der Waals surface area contributed by atoms with Crippen molar-refractivity contribution in [1.82, 2.24) is 4.98 Å². The molecule has 0 aliphatic carbocycles. The molecule has 1 saturated heterocycles. The Hall–Kier alpha value is -1.94. The van der Waals surface area contributed by atoms with Crippen LogP contribution in [0.25, 0.3) is 10.9 Å². The maximum absolute atomic E-state index is 10.9. The van der Waals surface area contributed by atoms with Gasteiger partial charge < -0.3 is 10.5 Å². The molecule has 1 aliphatic heterocycles. The lowest BCUT2D eigenvalue weighted by Gasteiger charge is -1.99. The van der Waals surface area contributed by atoms with Crippen molar-refractivity contribution in [1.29, 1.82) is 0 Å². The lowest BCUT2D eigenvalue weighted by Crippen LogP contribution is -2.18. The van der Waals surface area contributed by atoms with Crippen LogP contribution in [0.4, 0.5) is 0 Å². The Labute approximate surface area is 92.0 Å². The predicted molar refractivity (Wildman–Crippen MR) is 58.6 cm³/mol. The third kappa shape index (κ3) is 1.44. The third-order valence-electron chi connectivity index (χ3n) is 2.71. The summed E-state index contributed by atoms with van der Waals surface area (Å²) >= 11 is 0. The van der Waals surface area contributed by atoms with Crippen LogP contribution in [0, 0.1) is 0 Å². The minimum Gasteiger partial charge on any atom is -0.367 e. The molecular weight excluding hydrogens is 204 g/mol. The molecule has 4 heteroatoms. The molecule has 0 bridgehead atoms. The van der Waals surface area contributed by atoms with Gasteiger partial charge in [0.25, 0.3) is 0 Å². The van der Waals surface area contributed by atoms with Gasteiger partial charge in [0.1, 0.15) is 6.10 Å². The summed E-state index contributed by atoms with van der Waals surface area (Å²) in [6.45, 7) is 0. The highest BCUT2D eigenvalue weighted by Crippen LogP contribution is 2.38. The molecule has 2 atom stereocenters. The number of para-hydroxylation sites is 1. The van der Waals surface area contributed by atoms with E-state index in [9.17, 15) is 4.79 Å². The number of hydrogen-bond acceptors (Lipinski definition) is 3. The molecule has 4 nitrogen and oxygen atoms in total. The van der Waals surface area contributed by atoms with Crippen molar-refractivity contribution in [2.24, 2.45) is 5.73 Å². The number of amides is 1. The topological polar surface area (TPSA) is 68.5 Å². The lowest BCUT2D eigenvalue weighted by atomic mass is 10.1. The van der Waals surface area contributed by atoms with Crippen molar-refractivity contribution in [2.45, 2.75) is 12.2 Å². The molecule has 2 N–H and O–H groups in total. The number of nitrogens with zero attached hydrogens (tertiary/aromatic N) is 1. The van der Waals surface area contributed by atoms with Gasteiger partial charge in [0.15, 0.2) is 6.10 Å². The molecule has 1 aromatic carbocycles. The average Bonchev–Trinajstić information content (AvgIpc) is 3.08. The molecular formula is C12H10N2O2. The van der Waals surface area contributed by atoms with Crippen LogP contribution in [0.15, 0.2) is 36.5 Å². The van der Waals surface area contributed by atoms with E-state index in [0.717, 1.165) is 16.5 Å². The van der Waals surface area contributed by atoms with Gasteiger partial charge in [-0.05, 0) is 12.1 Å². The molecule has 1 fully saturated rings. The molecule has 1 aromatic heterocycles. The van der Waals surface area contributed by atoms with Crippen LogP contribution in [-0.2, 0) is 9.53 Å². The first-order chi connectivity index (χ1) is 7.75. The fraction of sp³-hybridized carbons (Fsp3) is 0.167. The maximum Gasteiger partial charge on any atom is 0.249 e. The summed E-state index contributed by atoms with van der Waals surface area (Å²) in [6, 6.07) is 9.80. The second-order valence-electron chi connectivity index (χ2n) is 3.84. The standard InChI is InChI=1S/C12H10N2O2/c13-12(15)11-10(16-11)8-5-7-3-1-2-4-9(7)14-6-8/h1-6,10-11H,(H2,13,15). The highest BCUT2D eigenvalue weighted by Gasteiger charge is 2.45. The fourth-order valence-corrected chi connectivity index (χ4v) is 1.83. The largest absolute Gasteiger partial charge is 0.367 e. The molecule has 0 saturated carbocycles. The van der Waals surface area contributed by atoms with E-state index < -0.39 is 12.0 Å². The minimum atomic E-state index is -0.483. The number of epoxide rings is 1. The second-order valence-corrected chi connectivity index (χ2v) is 3.84. The normalized spacial score (nSPS) is 23.2. The zero-order valence-electron chi connectivity index (χ0n) is 8.46. The van der Waals surface area contributed by atoms with Gasteiger partial charge in [-0.25, -0.2) is 0 Å². The van der Waals surface area contributed by atoms with Gasteiger partial charge in [-0.2, -0.15) is 0 Å². The van der Waals surface area contributed by atoms with E-state index in [1.807, 2.05) is 30.3 Å². The van der Waals surface area contributed by atoms with Crippen molar-refractivity contribution in [3.8, 4) is 0 Å². The number of benzene rings is 1. The zero-order chi connectivity index (χ0) is 11.1. The van der Waals surface area contributed by atoms with E-state index in [-0.39, 0.29) is 6.10 Å². The third-order valence-corrected chi connectivity index (χ3v) is 2.71. The Morgan fingerprint density at radius 3 is 2.94 bits per heavy atom. The summed E-state index contributed by atoms with van der Waals surface area (Å²) in [5.41, 5.74) is 6.99. The summed E-state index contributed by atoms with van der Waals surface area (Å²) in [7, 11) is 0. The molecule has 2 aromatic rings. The molecule has 2 heterocycles. The van der Waals surface area contributed by atoms with Crippen LogP contribution in [0.2, 0.25) is 0 Å². The molecule has 1 aliphatic rings. The van der Waals surface area contributed by atoms with Crippen LogP contribution in [-0.4, -0.2) is 17.0 Å². The van der Waals surface area contributed by atoms with Crippen molar-refractivity contribution >= 4 is 16.8 Å². The Kier molecular flexibility index (Phi) is 1.91. The second kappa shape index (κ2) is 3.28. The predicted octanol–water partition coefficient (Wildman–Crippen LogP) is 1.16. The summed E-state index contributed by atoms with van der Waals surface area (Å²) < 4.78 is 5.20. The number of pyridine rings is 1. The quantitative estimate of drug-likeness (QED) is 0.763. The van der Waals surface area contributed by atoms with Gasteiger partial charge >= 0.3 is 0 Å². The average molecular weight is 214 g/mol. The number of aromatic nitrogens is 1. The SMILES string of the molecule is NC(=O)C1OC1c1cnc2ccccc2c1. The summed E-state index contributed by atoms with van der Waals surface area (Å²) in [6.07, 6.45) is 1.04. The number of primary amides is 1. The number of fused-ring (bicyclic) bond motifs is 1. The number of hydrogen-bond donors (Lipinski definition) is 1. The highest BCUT2D eigenvalue weighted by molar-refractivity contribution is 5.83. The van der Waals surface area contributed by atoms with Gasteiger partial charge in [0.05, 0.1) is 5.52 Å². The number of carbonyl (C=O) groups excluding carboxylic acids is 1. The molecule has 1 amide bonds. The Balaban J connectivity index is 1.98. The van der Waals surface area contributed by atoms with Crippen LogP contribution in [0.1, 0.15) is 11.7 Å². The van der Waals surface area contributed by atoms with Gasteiger partial charge in [-0.15, -0.1) is 0 Å². The fourth-order valence-electron chi connectivity index (χ4n) is 1.83. The van der Waals surface area contributed by atoms with Crippen LogP contribution in [0.5, 0.6) is 0 Å². The first kappa shape index (κ1) is 9.30. The van der Waals surface area contributed by atoms with Crippen LogP contribution < -0.4 is 5.73 Å². The number of nitrogens with two attached hydrogens (primary N) is 1. The Morgan fingerprint density at radius 1 is 1.38 bits per heavy atom. The lowest BCUT2D eigenvalue weighted by molar-refractivity contribution is -0.119. The van der Waals surface area contributed by atoms with Gasteiger partial charge in [-0.1, -0.05) is 18.2 Å². The zero-order valence-corrected chi connectivity index (χ0v) is 8.46. The van der Waals surface area contributed by atoms with E-state index in [1.54, 1.807) is 6.20 Å². The molecule has 16 heavy (non-hydrogen) atoms. The van der Waals surface area contributed by atoms with E-state index in [4.69, 9.17) is 10.5 Å². The maximum atomic E-state index is 10.9. The van der Waals surface area contributed by atoms with E-state index in [0.29, 0.717) is 0 Å². The highest BCUT2D eigenvalue weighted by atomic mass is 16.6. The van der Waals surface area contributed by atoms with Crippen molar-refractivity contribution in [3.05, 3.63) is 42.1 Å². The van der Waals surface area contributed by atoms with Crippen molar-refractivity contribution in [3.63, 3.8) is 0 Å². The van der Waals surface area contributed by atoms with Crippen molar-refractivity contribution in [2.75, 3.05) is 0 Å². The summed E-state index contributed by atoms with van der Waals surface area (Å²) in [5.74, 6) is -0.418. The van der Waals surface area contributed by atoms with E-state index in [2.05, 4.69) is 4.98 Å². The van der Waals surface area contributed by atoms with E-state index in [1.165, 1.54) is 0 Å². The molecule has 3 rings (SSSR count). The molecule has 80 valence electrons. The summed E-state index contributed by atoms with van der Waals surface area (Å²) in [4.78, 5) is 15.2. The molecule has 0 radical (unpaired) electrons. The number of ether oxygens (including phenoxy) is 1. The molecule has 0 spiro atoms. The smallest absolute Gasteiger partial charge is 0.249 e. The first-order valence-electron chi connectivity index (χ1n) is 5.05. The summed E-state index contributed by atoms with van der Waals surface area (Å²) in [5, 5.41) is 1.04. The van der Waals surface area contributed by atoms with Crippen LogP contribution >= 0.6 is 0 Å². The first-order valence-corrected chi connectivity index (χ1v) is 5.05. The Bertz CT molecular complexity index is 568.